The first-order chi connectivity index (χ1) is 17.6. The van der Waals surface area contributed by atoms with Gasteiger partial charge in [-0.3, -0.25) is 4.79 Å². The Hall–Kier alpha value is -3.63. The third kappa shape index (κ3) is 4.61. The van der Waals surface area contributed by atoms with Crippen LogP contribution >= 0.6 is 0 Å². The SMILES string of the molecule is COc1cccc(C2(C(=O)N3CCNCC3)CCCC2Cc2cncn2Cc2ccc(C#N)cc2)c1. The molecular formula is C29H33N5O2. The van der Waals surface area contributed by atoms with E-state index >= 15 is 0 Å². The summed E-state index contributed by atoms with van der Waals surface area (Å²) >= 11 is 0. The van der Waals surface area contributed by atoms with Crippen LogP contribution in [0.4, 0.5) is 0 Å². The lowest BCUT2D eigenvalue weighted by Crippen LogP contribution is -2.55. The number of amides is 1. The van der Waals surface area contributed by atoms with E-state index in [-0.39, 0.29) is 11.8 Å². The Morgan fingerprint density at radius 1 is 1.22 bits per heavy atom. The van der Waals surface area contributed by atoms with Crippen molar-refractivity contribution < 1.29 is 9.53 Å². The van der Waals surface area contributed by atoms with Crippen LogP contribution in [0.2, 0.25) is 0 Å². The van der Waals surface area contributed by atoms with Crippen molar-refractivity contribution in [1.82, 2.24) is 19.8 Å². The number of hydrogen-bond acceptors (Lipinski definition) is 5. The quantitative estimate of drug-likeness (QED) is 0.556. The number of nitriles is 1. The largest absolute Gasteiger partial charge is 0.497 e. The molecule has 7 heteroatoms. The molecule has 1 amide bonds. The van der Waals surface area contributed by atoms with E-state index in [1.165, 1.54) is 0 Å². The van der Waals surface area contributed by atoms with Crippen LogP contribution < -0.4 is 10.1 Å². The number of nitrogens with one attached hydrogen (secondary N) is 1. The molecule has 36 heavy (non-hydrogen) atoms. The molecule has 2 unspecified atom stereocenters. The van der Waals surface area contributed by atoms with E-state index in [9.17, 15) is 4.79 Å². The molecule has 3 aromatic rings. The lowest BCUT2D eigenvalue weighted by molar-refractivity contribution is -0.139. The molecule has 2 aliphatic rings. The van der Waals surface area contributed by atoms with Crippen molar-refractivity contribution in [2.45, 2.75) is 37.6 Å². The van der Waals surface area contributed by atoms with Gasteiger partial charge in [0, 0.05) is 44.6 Å². The molecule has 1 aliphatic carbocycles. The number of imidazole rings is 1. The lowest BCUT2D eigenvalue weighted by atomic mass is 9.69. The number of carbonyl (C=O) groups excluding carboxylic acids is 1. The predicted octanol–water partition coefficient (Wildman–Crippen LogP) is 3.52. The van der Waals surface area contributed by atoms with Gasteiger partial charge in [-0.05, 0) is 60.6 Å². The van der Waals surface area contributed by atoms with E-state index in [1.54, 1.807) is 7.11 Å². The molecule has 1 aliphatic heterocycles. The van der Waals surface area contributed by atoms with Gasteiger partial charge in [0.2, 0.25) is 5.91 Å². The van der Waals surface area contributed by atoms with Crippen molar-refractivity contribution >= 4 is 5.91 Å². The molecule has 2 heterocycles. The second-order valence-electron chi connectivity index (χ2n) is 9.86. The number of carbonyl (C=O) groups is 1. The third-order valence-electron chi connectivity index (χ3n) is 7.88. The smallest absolute Gasteiger partial charge is 0.233 e. The van der Waals surface area contributed by atoms with Gasteiger partial charge in [-0.2, -0.15) is 5.26 Å². The maximum absolute atomic E-state index is 14.3. The molecule has 2 fully saturated rings. The third-order valence-corrected chi connectivity index (χ3v) is 7.88. The number of piperazine rings is 1. The molecule has 0 bridgehead atoms. The van der Waals surface area contributed by atoms with Crippen molar-refractivity contribution in [3.05, 3.63) is 83.4 Å². The molecule has 7 nitrogen and oxygen atoms in total. The number of hydrogen-bond donors (Lipinski definition) is 1. The highest BCUT2D eigenvalue weighted by Gasteiger charge is 2.52. The Labute approximate surface area is 212 Å². The minimum atomic E-state index is -0.574. The van der Waals surface area contributed by atoms with Gasteiger partial charge in [0.15, 0.2) is 0 Å². The summed E-state index contributed by atoms with van der Waals surface area (Å²) in [4.78, 5) is 20.8. The summed E-state index contributed by atoms with van der Waals surface area (Å²) in [5.74, 6) is 1.21. The molecule has 0 radical (unpaired) electrons. The van der Waals surface area contributed by atoms with Crippen molar-refractivity contribution in [2.75, 3.05) is 33.3 Å². The molecule has 0 spiro atoms. The number of ether oxygens (including phenoxy) is 1. The zero-order chi connectivity index (χ0) is 25.0. The standard InChI is InChI=1S/C29H33N5O2/c1-36-27-6-2-4-25(17-27)29(28(35)33-14-12-31-13-15-33)11-3-5-24(29)16-26-19-32-21-34(26)20-23-9-7-22(18-30)8-10-23/h2,4,6-10,17,19,21,24,31H,3,5,11-16,20H2,1H3. The number of rotatable bonds is 7. The van der Waals surface area contributed by atoms with Gasteiger partial charge in [0.1, 0.15) is 5.75 Å². The van der Waals surface area contributed by atoms with Crippen molar-refractivity contribution in [1.29, 1.82) is 5.26 Å². The maximum atomic E-state index is 14.3. The van der Waals surface area contributed by atoms with Crippen LogP contribution in [0.25, 0.3) is 0 Å². The molecule has 1 saturated heterocycles. The van der Waals surface area contributed by atoms with Crippen LogP contribution in [0.5, 0.6) is 5.75 Å². The van der Waals surface area contributed by atoms with Gasteiger partial charge < -0.3 is 19.5 Å². The normalized spacial score (nSPS) is 21.8. The summed E-state index contributed by atoms with van der Waals surface area (Å²) in [6.45, 7) is 3.84. The molecule has 2 atom stereocenters. The lowest BCUT2D eigenvalue weighted by Gasteiger charge is -2.41. The zero-order valence-corrected chi connectivity index (χ0v) is 20.8. The number of methoxy groups -OCH3 is 1. The van der Waals surface area contributed by atoms with E-state index in [1.807, 2.05) is 48.9 Å². The average Bonchev–Trinajstić information content (AvgIpc) is 3.57. The Bertz CT molecular complexity index is 1240. The number of nitrogens with zero attached hydrogens (tertiary/aromatic N) is 4. The Balaban J connectivity index is 1.47. The average molecular weight is 484 g/mol. The Kier molecular flexibility index (Phi) is 7.06. The van der Waals surface area contributed by atoms with E-state index in [0.29, 0.717) is 12.1 Å². The maximum Gasteiger partial charge on any atom is 0.233 e. The molecule has 2 aromatic carbocycles. The fraction of sp³-hybridized carbons (Fsp3) is 0.414. The van der Waals surface area contributed by atoms with Crippen LogP contribution in [0, 0.1) is 17.2 Å². The van der Waals surface area contributed by atoms with Gasteiger partial charge in [0.05, 0.1) is 30.5 Å². The summed E-state index contributed by atoms with van der Waals surface area (Å²) < 4.78 is 7.73. The fourth-order valence-corrected chi connectivity index (χ4v) is 5.98. The van der Waals surface area contributed by atoms with E-state index in [0.717, 1.165) is 74.4 Å². The fourth-order valence-electron chi connectivity index (χ4n) is 5.98. The number of benzene rings is 2. The van der Waals surface area contributed by atoms with E-state index in [2.05, 4.69) is 38.0 Å². The summed E-state index contributed by atoms with van der Waals surface area (Å²) in [6.07, 6.45) is 7.45. The predicted molar refractivity (Wildman–Crippen MR) is 138 cm³/mol. The van der Waals surface area contributed by atoms with Crippen molar-refractivity contribution in [2.24, 2.45) is 5.92 Å². The summed E-state index contributed by atoms with van der Waals surface area (Å²) in [6, 6.07) is 18.0. The molecule has 1 aromatic heterocycles. The zero-order valence-electron chi connectivity index (χ0n) is 20.8. The Morgan fingerprint density at radius 3 is 2.78 bits per heavy atom. The second-order valence-corrected chi connectivity index (χ2v) is 9.86. The summed E-state index contributed by atoms with van der Waals surface area (Å²) in [7, 11) is 1.68. The topological polar surface area (TPSA) is 83.2 Å². The second kappa shape index (κ2) is 10.5. The van der Waals surface area contributed by atoms with Crippen molar-refractivity contribution in [3.8, 4) is 11.8 Å². The van der Waals surface area contributed by atoms with Gasteiger partial charge in [0.25, 0.3) is 0 Å². The van der Waals surface area contributed by atoms with Crippen LogP contribution in [0.1, 0.15) is 41.6 Å². The van der Waals surface area contributed by atoms with Crippen molar-refractivity contribution in [3.63, 3.8) is 0 Å². The Morgan fingerprint density at radius 2 is 2.03 bits per heavy atom. The number of aromatic nitrogens is 2. The van der Waals surface area contributed by atoms with Gasteiger partial charge in [-0.1, -0.05) is 30.7 Å². The minimum absolute atomic E-state index is 0.170. The van der Waals surface area contributed by atoms with Crippen LogP contribution in [0.15, 0.2) is 61.1 Å². The molecule has 5 rings (SSSR count). The molecule has 186 valence electrons. The monoisotopic (exact) mass is 483 g/mol. The first-order valence-electron chi connectivity index (χ1n) is 12.8. The van der Waals surface area contributed by atoms with Gasteiger partial charge in [-0.25, -0.2) is 4.98 Å². The van der Waals surface area contributed by atoms with E-state index < -0.39 is 5.41 Å². The first-order valence-corrected chi connectivity index (χ1v) is 12.8. The van der Waals surface area contributed by atoms with Crippen LogP contribution in [0.3, 0.4) is 0 Å². The summed E-state index contributed by atoms with van der Waals surface area (Å²) in [5.41, 5.74) is 3.40. The van der Waals surface area contributed by atoms with Gasteiger partial charge >= 0.3 is 0 Å². The molecule has 1 saturated carbocycles. The summed E-state index contributed by atoms with van der Waals surface area (Å²) in [5, 5.41) is 12.5. The first kappa shape index (κ1) is 24.1. The van der Waals surface area contributed by atoms with Gasteiger partial charge in [-0.15, -0.1) is 0 Å². The highest BCUT2D eigenvalue weighted by molar-refractivity contribution is 5.89. The van der Waals surface area contributed by atoms with E-state index in [4.69, 9.17) is 10.00 Å². The molecular weight excluding hydrogens is 450 g/mol. The van der Waals surface area contributed by atoms with Crippen LogP contribution in [-0.4, -0.2) is 53.6 Å². The highest BCUT2D eigenvalue weighted by Crippen LogP contribution is 2.49. The minimum Gasteiger partial charge on any atom is -0.497 e. The van der Waals surface area contributed by atoms with Crippen LogP contribution in [-0.2, 0) is 23.2 Å². The molecule has 1 N–H and O–H groups in total. The highest BCUT2D eigenvalue weighted by atomic mass is 16.5.